The van der Waals surface area contributed by atoms with Crippen molar-refractivity contribution in [2.45, 2.75) is 63.8 Å². The first-order valence-electron chi connectivity index (χ1n) is 9.25. The lowest BCUT2D eigenvalue weighted by Crippen LogP contribution is -2.38. The third kappa shape index (κ3) is 4.04. The van der Waals surface area contributed by atoms with Crippen molar-refractivity contribution < 1.29 is 4.79 Å². The fourth-order valence-corrected chi connectivity index (χ4v) is 3.83. The number of amides is 1. The molecule has 3 rings (SSSR count). The first kappa shape index (κ1) is 16.3. The first-order chi connectivity index (χ1) is 11.3. The summed E-state index contributed by atoms with van der Waals surface area (Å²) in [5, 5.41) is 0. The summed E-state index contributed by atoms with van der Waals surface area (Å²) in [7, 11) is 1.94. The number of anilines is 1. The van der Waals surface area contributed by atoms with E-state index in [-0.39, 0.29) is 5.91 Å². The highest BCUT2D eigenvalue weighted by Gasteiger charge is 2.24. The first-order valence-corrected chi connectivity index (χ1v) is 9.25. The van der Waals surface area contributed by atoms with Crippen LogP contribution in [-0.4, -0.2) is 42.0 Å². The summed E-state index contributed by atoms with van der Waals surface area (Å²) in [4.78, 5) is 21.7. The zero-order chi connectivity index (χ0) is 16.1. The van der Waals surface area contributed by atoms with E-state index in [9.17, 15) is 4.79 Å². The molecule has 1 saturated carbocycles. The van der Waals surface area contributed by atoms with Crippen molar-refractivity contribution >= 4 is 11.7 Å². The molecule has 0 N–H and O–H groups in total. The summed E-state index contributed by atoms with van der Waals surface area (Å²) in [6.45, 7) is 2.12. The average Bonchev–Trinajstić information content (AvgIpc) is 2.91. The molecule has 1 saturated heterocycles. The maximum Gasteiger partial charge on any atom is 0.272 e. The molecule has 4 nitrogen and oxygen atoms in total. The average molecular weight is 315 g/mol. The number of hydrogen-bond acceptors (Lipinski definition) is 3. The van der Waals surface area contributed by atoms with Crippen molar-refractivity contribution in [3.05, 3.63) is 23.9 Å². The van der Waals surface area contributed by atoms with Gasteiger partial charge < -0.3 is 9.80 Å². The molecule has 0 aromatic carbocycles. The minimum Gasteiger partial charge on any atom is -0.357 e. The molecule has 0 spiro atoms. The van der Waals surface area contributed by atoms with E-state index in [1.54, 1.807) is 0 Å². The van der Waals surface area contributed by atoms with Crippen LogP contribution in [0.25, 0.3) is 0 Å². The molecule has 1 aliphatic carbocycles. The molecule has 2 fully saturated rings. The molecule has 0 atom stereocenters. The highest BCUT2D eigenvalue weighted by Crippen LogP contribution is 2.23. The molecule has 2 heterocycles. The predicted octanol–water partition coefficient (Wildman–Crippen LogP) is 3.87. The molecule has 0 unspecified atom stereocenters. The van der Waals surface area contributed by atoms with Crippen molar-refractivity contribution in [2.24, 2.45) is 0 Å². The van der Waals surface area contributed by atoms with Crippen molar-refractivity contribution in [2.75, 3.05) is 25.0 Å². The van der Waals surface area contributed by atoms with Gasteiger partial charge in [0.2, 0.25) is 0 Å². The summed E-state index contributed by atoms with van der Waals surface area (Å²) in [5.41, 5.74) is 0.597. The standard InChI is InChI=1S/C19H29N3O/c1-21(16-10-5-4-6-11-16)19(23)17-12-9-13-18(20-17)22-14-7-2-3-8-15-22/h9,12-13,16H,2-8,10-11,14-15H2,1H3. The Hall–Kier alpha value is -1.58. The molecule has 1 aliphatic heterocycles. The van der Waals surface area contributed by atoms with E-state index in [0.717, 1.165) is 31.7 Å². The van der Waals surface area contributed by atoms with Gasteiger partial charge >= 0.3 is 0 Å². The van der Waals surface area contributed by atoms with Gasteiger partial charge in [0.1, 0.15) is 11.5 Å². The Bertz CT molecular complexity index is 517. The van der Waals surface area contributed by atoms with E-state index in [2.05, 4.69) is 9.88 Å². The van der Waals surface area contributed by atoms with Crippen molar-refractivity contribution in [1.82, 2.24) is 9.88 Å². The van der Waals surface area contributed by atoms with Gasteiger partial charge in [0.15, 0.2) is 0 Å². The van der Waals surface area contributed by atoms with Crippen LogP contribution in [-0.2, 0) is 0 Å². The van der Waals surface area contributed by atoms with E-state index in [0.29, 0.717) is 11.7 Å². The van der Waals surface area contributed by atoms with Gasteiger partial charge in [-0.2, -0.15) is 0 Å². The van der Waals surface area contributed by atoms with Gasteiger partial charge in [-0.3, -0.25) is 4.79 Å². The van der Waals surface area contributed by atoms with Crippen LogP contribution in [0.5, 0.6) is 0 Å². The molecule has 23 heavy (non-hydrogen) atoms. The second kappa shape index (κ2) is 7.80. The molecular weight excluding hydrogens is 286 g/mol. The van der Waals surface area contributed by atoms with Crippen LogP contribution in [0.3, 0.4) is 0 Å². The third-order valence-corrected chi connectivity index (χ3v) is 5.33. The molecule has 0 bridgehead atoms. The lowest BCUT2D eigenvalue weighted by atomic mass is 9.94. The Morgan fingerprint density at radius 1 is 1.04 bits per heavy atom. The van der Waals surface area contributed by atoms with E-state index >= 15 is 0 Å². The minimum absolute atomic E-state index is 0.0774. The van der Waals surface area contributed by atoms with E-state index in [1.165, 1.54) is 44.9 Å². The summed E-state index contributed by atoms with van der Waals surface area (Å²) in [6.07, 6.45) is 11.1. The van der Waals surface area contributed by atoms with Gasteiger partial charge in [-0.25, -0.2) is 4.98 Å². The number of nitrogens with zero attached hydrogens (tertiary/aromatic N) is 3. The Labute approximate surface area is 139 Å². The molecule has 1 aromatic rings. The molecule has 0 radical (unpaired) electrons. The van der Waals surface area contributed by atoms with Crippen LogP contribution in [0.2, 0.25) is 0 Å². The van der Waals surface area contributed by atoms with Crippen molar-refractivity contribution in [1.29, 1.82) is 0 Å². The quantitative estimate of drug-likeness (QED) is 0.849. The number of aromatic nitrogens is 1. The molecular formula is C19H29N3O. The lowest BCUT2D eigenvalue weighted by molar-refractivity contribution is 0.0690. The summed E-state index contributed by atoms with van der Waals surface area (Å²) < 4.78 is 0. The molecule has 1 amide bonds. The maximum absolute atomic E-state index is 12.8. The Morgan fingerprint density at radius 2 is 1.70 bits per heavy atom. The second-order valence-electron chi connectivity index (χ2n) is 6.99. The van der Waals surface area contributed by atoms with Crippen LogP contribution in [0.4, 0.5) is 5.82 Å². The fourth-order valence-electron chi connectivity index (χ4n) is 3.83. The second-order valence-corrected chi connectivity index (χ2v) is 6.99. The smallest absolute Gasteiger partial charge is 0.272 e. The number of rotatable bonds is 3. The SMILES string of the molecule is CN(C(=O)c1cccc(N2CCCCCC2)n1)C1CCCCC1. The number of hydrogen-bond donors (Lipinski definition) is 0. The van der Waals surface area contributed by atoms with Crippen LogP contribution in [0, 0.1) is 0 Å². The van der Waals surface area contributed by atoms with Crippen LogP contribution in [0.15, 0.2) is 18.2 Å². The molecule has 1 aromatic heterocycles. The number of carbonyl (C=O) groups is 1. The normalized spacial score (nSPS) is 20.1. The van der Waals surface area contributed by atoms with E-state index in [1.807, 2.05) is 30.1 Å². The largest absolute Gasteiger partial charge is 0.357 e. The van der Waals surface area contributed by atoms with Gasteiger partial charge in [0.25, 0.3) is 5.91 Å². The monoisotopic (exact) mass is 315 g/mol. The fraction of sp³-hybridized carbons (Fsp3) is 0.684. The molecule has 4 heteroatoms. The predicted molar refractivity (Wildman–Crippen MR) is 93.9 cm³/mol. The van der Waals surface area contributed by atoms with E-state index in [4.69, 9.17) is 0 Å². The Kier molecular flexibility index (Phi) is 5.52. The number of pyridine rings is 1. The summed E-state index contributed by atoms with van der Waals surface area (Å²) >= 11 is 0. The number of carbonyl (C=O) groups excluding carboxylic acids is 1. The Balaban J connectivity index is 1.71. The molecule has 126 valence electrons. The van der Waals surface area contributed by atoms with E-state index < -0.39 is 0 Å². The van der Waals surface area contributed by atoms with Gasteiger partial charge in [-0.1, -0.05) is 38.2 Å². The zero-order valence-electron chi connectivity index (χ0n) is 14.3. The lowest BCUT2D eigenvalue weighted by Gasteiger charge is -2.31. The molecule has 2 aliphatic rings. The van der Waals surface area contributed by atoms with Crippen LogP contribution < -0.4 is 4.90 Å². The maximum atomic E-state index is 12.8. The van der Waals surface area contributed by atoms with Gasteiger partial charge in [0.05, 0.1) is 0 Å². The topological polar surface area (TPSA) is 36.4 Å². The van der Waals surface area contributed by atoms with Crippen LogP contribution >= 0.6 is 0 Å². The van der Waals surface area contributed by atoms with Crippen molar-refractivity contribution in [3.8, 4) is 0 Å². The van der Waals surface area contributed by atoms with Crippen molar-refractivity contribution in [3.63, 3.8) is 0 Å². The van der Waals surface area contributed by atoms with Crippen LogP contribution in [0.1, 0.15) is 68.3 Å². The van der Waals surface area contributed by atoms with Gasteiger partial charge in [-0.15, -0.1) is 0 Å². The minimum atomic E-state index is 0.0774. The highest BCUT2D eigenvalue weighted by molar-refractivity contribution is 5.92. The highest BCUT2D eigenvalue weighted by atomic mass is 16.2. The van der Waals surface area contributed by atoms with Gasteiger partial charge in [-0.05, 0) is 37.8 Å². The Morgan fingerprint density at radius 3 is 2.39 bits per heavy atom. The summed E-state index contributed by atoms with van der Waals surface area (Å²) in [5.74, 6) is 1.04. The summed E-state index contributed by atoms with van der Waals surface area (Å²) in [6, 6.07) is 6.28. The third-order valence-electron chi connectivity index (χ3n) is 5.33. The van der Waals surface area contributed by atoms with Gasteiger partial charge in [0, 0.05) is 26.2 Å². The zero-order valence-corrected chi connectivity index (χ0v) is 14.3.